The molecule has 1 aliphatic rings. The van der Waals surface area contributed by atoms with E-state index >= 15 is 0 Å². The molecule has 1 saturated heterocycles. The van der Waals surface area contributed by atoms with Gasteiger partial charge in [-0.05, 0) is 48.5 Å². The Morgan fingerprint density at radius 1 is 0.917 bits per heavy atom. The standard InChI is InChI=1S/C16H28N2O6/c1-14(2,3)23-12(21)17-8-9-18(13(22)24-15(4,5)6)16(7,10-17)11(19)20/h8-10H2,1-7H3,(H,19,20)/t16-/m0/s1. The fraction of sp³-hybridized carbons (Fsp3) is 0.812. The van der Waals surface area contributed by atoms with Crippen LogP contribution in [-0.4, -0.2) is 69.4 Å². The molecule has 8 heteroatoms. The van der Waals surface area contributed by atoms with Crippen LogP contribution in [0, 0.1) is 0 Å². The first-order valence-corrected chi connectivity index (χ1v) is 7.88. The molecule has 1 atom stereocenters. The number of ether oxygens (including phenoxy) is 2. The zero-order valence-electron chi connectivity index (χ0n) is 15.5. The van der Waals surface area contributed by atoms with E-state index in [1.165, 1.54) is 11.8 Å². The zero-order valence-corrected chi connectivity index (χ0v) is 15.5. The van der Waals surface area contributed by atoms with Crippen molar-refractivity contribution in [2.45, 2.75) is 65.2 Å². The lowest BCUT2D eigenvalue weighted by atomic mass is 9.97. The average Bonchev–Trinajstić information content (AvgIpc) is 2.33. The van der Waals surface area contributed by atoms with Gasteiger partial charge in [0.05, 0.1) is 6.54 Å². The van der Waals surface area contributed by atoms with Gasteiger partial charge in [-0.25, -0.2) is 14.4 Å². The summed E-state index contributed by atoms with van der Waals surface area (Å²) >= 11 is 0. The lowest BCUT2D eigenvalue weighted by molar-refractivity contribution is -0.153. The van der Waals surface area contributed by atoms with Crippen LogP contribution < -0.4 is 0 Å². The number of carboxylic acid groups (broad SMARTS) is 1. The van der Waals surface area contributed by atoms with Crippen LogP contribution in [0.2, 0.25) is 0 Å². The van der Waals surface area contributed by atoms with E-state index in [2.05, 4.69) is 0 Å². The van der Waals surface area contributed by atoms with Crippen molar-refractivity contribution < 1.29 is 29.0 Å². The number of amides is 2. The number of carbonyl (C=O) groups excluding carboxylic acids is 2. The van der Waals surface area contributed by atoms with Crippen molar-refractivity contribution in [2.75, 3.05) is 19.6 Å². The second-order valence-corrected chi connectivity index (χ2v) is 8.11. The van der Waals surface area contributed by atoms with Gasteiger partial charge in [0.25, 0.3) is 0 Å². The highest BCUT2D eigenvalue weighted by atomic mass is 16.6. The van der Waals surface area contributed by atoms with Crippen molar-refractivity contribution in [2.24, 2.45) is 0 Å². The van der Waals surface area contributed by atoms with E-state index in [-0.39, 0.29) is 19.6 Å². The number of piperazine rings is 1. The summed E-state index contributed by atoms with van der Waals surface area (Å²) in [7, 11) is 0. The molecule has 138 valence electrons. The number of hydrogen-bond acceptors (Lipinski definition) is 5. The minimum absolute atomic E-state index is 0.0525. The van der Waals surface area contributed by atoms with E-state index < -0.39 is 34.9 Å². The third kappa shape index (κ3) is 5.01. The third-order valence-electron chi connectivity index (χ3n) is 3.41. The van der Waals surface area contributed by atoms with E-state index in [9.17, 15) is 19.5 Å². The molecule has 0 radical (unpaired) electrons. The molecular weight excluding hydrogens is 316 g/mol. The van der Waals surface area contributed by atoms with Gasteiger partial charge in [0.15, 0.2) is 5.54 Å². The van der Waals surface area contributed by atoms with Crippen LogP contribution >= 0.6 is 0 Å². The average molecular weight is 344 g/mol. The van der Waals surface area contributed by atoms with Crippen LogP contribution in [0.3, 0.4) is 0 Å². The van der Waals surface area contributed by atoms with Gasteiger partial charge in [-0.2, -0.15) is 0 Å². The number of carbonyl (C=O) groups is 3. The summed E-state index contributed by atoms with van der Waals surface area (Å²) in [6, 6.07) is 0. The van der Waals surface area contributed by atoms with E-state index in [1.807, 2.05) is 0 Å². The molecule has 0 aromatic carbocycles. The Bertz CT molecular complexity index is 520. The molecule has 0 unspecified atom stereocenters. The maximum Gasteiger partial charge on any atom is 0.411 e. The van der Waals surface area contributed by atoms with Crippen molar-refractivity contribution >= 4 is 18.2 Å². The summed E-state index contributed by atoms with van der Waals surface area (Å²) < 4.78 is 10.6. The third-order valence-corrected chi connectivity index (χ3v) is 3.41. The molecule has 2 amide bonds. The van der Waals surface area contributed by atoms with Gasteiger partial charge >= 0.3 is 18.2 Å². The summed E-state index contributed by atoms with van der Waals surface area (Å²) in [4.78, 5) is 38.8. The predicted octanol–water partition coefficient (Wildman–Crippen LogP) is 2.32. The molecule has 1 N–H and O–H groups in total. The fourth-order valence-corrected chi connectivity index (χ4v) is 2.28. The predicted molar refractivity (Wildman–Crippen MR) is 86.8 cm³/mol. The van der Waals surface area contributed by atoms with Crippen LogP contribution in [0.5, 0.6) is 0 Å². The summed E-state index contributed by atoms with van der Waals surface area (Å²) in [6.07, 6.45) is -1.31. The van der Waals surface area contributed by atoms with Gasteiger partial charge in [-0.3, -0.25) is 4.90 Å². The summed E-state index contributed by atoms with van der Waals surface area (Å²) in [5.41, 5.74) is -3.00. The van der Waals surface area contributed by atoms with Gasteiger partial charge in [-0.1, -0.05) is 0 Å². The molecule has 1 fully saturated rings. The Hall–Kier alpha value is -1.99. The molecule has 0 bridgehead atoms. The van der Waals surface area contributed by atoms with Crippen LogP contribution in [0.25, 0.3) is 0 Å². The highest BCUT2D eigenvalue weighted by Crippen LogP contribution is 2.26. The SMILES string of the molecule is CC(C)(C)OC(=O)N1CCN(C(=O)OC(C)(C)C)[C@](C)(C(=O)O)C1. The molecule has 0 spiro atoms. The lowest BCUT2D eigenvalue weighted by Crippen LogP contribution is -2.67. The summed E-state index contributed by atoms with van der Waals surface area (Å²) in [6.45, 7) is 11.8. The minimum atomic E-state index is -1.59. The molecular formula is C16H28N2O6. The van der Waals surface area contributed by atoms with Crippen LogP contribution in [0.4, 0.5) is 9.59 Å². The first kappa shape index (κ1) is 20.1. The number of nitrogens with zero attached hydrogens (tertiary/aromatic N) is 2. The van der Waals surface area contributed by atoms with Gasteiger partial charge < -0.3 is 19.5 Å². The first-order valence-electron chi connectivity index (χ1n) is 7.88. The van der Waals surface area contributed by atoms with E-state index in [0.29, 0.717) is 0 Å². The van der Waals surface area contributed by atoms with Crippen molar-refractivity contribution in [3.8, 4) is 0 Å². The van der Waals surface area contributed by atoms with Crippen LogP contribution in [0.1, 0.15) is 48.5 Å². The van der Waals surface area contributed by atoms with Gasteiger partial charge in [0, 0.05) is 13.1 Å². The van der Waals surface area contributed by atoms with Gasteiger partial charge in [-0.15, -0.1) is 0 Å². The number of hydrogen-bond donors (Lipinski definition) is 1. The lowest BCUT2D eigenvalue weighted by Gasteiger charge is -2.45. The van der Waals surface area contributed by atoms with Gasteiger partial charge in [0.1, 0.15) is 11.2 Å². The molecule has 0 aromatic heterocycles. The largest absolute Gasteiger partial charge is 0.479 e. The summed E-state index contributed by atoms with van der Waals surface area (Å²) in [5, 5.41) is 9.62. The maximum atomic E-state index is 12.3. The fourth-order valence-electron chi connectivity index (χ4n) is 2.28. The highest BCUT2D eigenvalue weighted by Gasteiger charge is 2.49. The van der Waals surface area contributed by atoms with Crippen molar-refractivity contribution in [3.05, 3.63) is 0 Å². The topological polar surface area (TPSA) is 96.4 Å². The molecule has 24 heavy (non-hydrogen) atoms. The number of rotatable bonds is 1. The zero-order chi connectivity index (χ0) is 18.9. The molecule has 1 aliphatic heterocycles. The summed E-state index contributed by atoms with van der Waals surface area (Å²) in [5.74, 6) is -1.21. The Labute approximate surface area is 142 Å². The van der Waals surface area contributed by atoms with Crippen molar-refractivity contribution in [1.29, 1.82) is 0 Å². The van der Waals surface area contributed by atoms with Crippen LogP contribution in [-0.2, 0) is 14.3 Å². The molecule has 8 nitrogen and oxygen atoms in total. The quantitative estimate of drug-likeness (QED) is 0.784. The second kappa shape index (κ2) is 6.49. The Balaban J connectivity index is 2.96. The van der Waals surface area contributed by atoms with Crippen LogP contribution in [0.15, 0.2) is 0 Å². The Kier molecular flexibility index (Phi) is 5.42. The smallest absolute Gasteiger partial charge is 0.411 e. The normalized spacial score (nSPS) is 22.1. The van der Waals surface area contributed by atoms with Gasteiger partial charge in [0.2, 0.25) is 0 Å². The second-order valence-electron chi connectivity index (χ2n) is 8.11. The maximum absolute atomic E-state index is 12.3. The number of aliphatic carboxylic acids is 1. The molecule has 1 heterocycles. The van der Waals surface area contributed by atoms with E-state index in [0.717, 1.165) is 4.90 Å². The molecule has 1 rings (SSSR count). The van der Waals surface area contributed by atoms with E-state index in [1.54, 1.807) is 41.5 Å². The first-order chi connectivity index (χ1) is 10.7. The molecule has 0 aromatic rings. The number of carboxylic acids is 1. The molecule has 0 saturated carbocycles. The highest BCUT2D eigenvalue weighted by molar-refractivity contribution is 5.85. The van der Waals surface area contributed by atoms with E-state index in [4.69, 9.17) is 9.47 Å². The Morgan fingerprint density at radius 2 is 1.38 bits per heavy atom. The molecule has 0 aliphatic carbocycles. The minimum Gasteiger partial charge on any atom is -0.479 e. The van der Waals surface area contributed by atoms with Crippen molar-refractivity contribution in [3.63, 3.8) is 0 Å². The van der Waals surface area contributed by atoms with Crippen molar-refractivity contribution in [1.82, 2.24) is 9.80 Å². The monoisotopic (exact) mass is 344 g/mol. The Morgan fingerprint density at radius 3 is 1.79 bits per heavy atom.